The van der Waals surface area contributed by atoms with Gasteiger partial charge in [0.15, 0.2) is 5.78 Å². The summed E-state index contributed by atoms with van der Waals surface area (Å²) >= 11 is 12.2. The van der Waals surface area contributed by atoms with Crippen molar-refractivity contribution in [2.75, 3.05) is 5.32 Å². The third-order valence-corrected chi connectivity index (χ3v) is 6.81. The highest BCUT2D eigenvalue weighted by Crippen LogP contribution is 2.47. The molecule has 2 aromatic carbocycles. The average Bonchev–Trinajstić information content (AvgIpc) is 2.73. The van der Waals surface area contributed by atoms with Gasteiger partial charge < -0.3 is 10.6 Å². The van der Waals surface area contributed by atoms with Gasteiger partial charge in [-0.1, -0.05) is 49.2 Å². The highest BCUT2D eigenvalue weighted by atomic mass is 35.5. The van der Waals surface area contributed by atoms with Gasteiger partial charge in [-0.05, 0) is 54.7 Å². The Balaban J connectivity index is 1.79. The molecule has 0 unspecified atom stereocenters. The minimum atomic E-state index is -4.60. The van der Waals surface area contributed by atoms with Gasteiger partial charge >= 0.3 is 6.18 Å². The third-order valence-electron chi connectivity index (χ3n) is 6.23. The van der Waals surface area contributed by atoms with Gasteiger partial charge in [-0.15, -0.1) is 0 Å². The van der Waals surface area contributed by atoms with E-state index in [9.17, 15) is 22.8 Å². The van der Waals surface area contributed by atoms with Crippen LogP contribution >= 0.6 is 23.2 Å². The van der Waals surface area contributed by atoms with Gasteiger partial charge in [-0.25, -0.2) is 0 Å². The molecule has 0 saturated carbocycles. The average molecular weight is 523 g/mol. The number of hydrogen-bond acceptors (Lipinski definition) is 3. The van der Waals surface area contributed by atoms with Crippen LogP contribution in [0.4, 0.5) is 18.9 Å². The van der Waals surface area contributed by atoms with Crippen molar-refractivity contribution in [1.29, 1.82) is 0 Å². The second kappa shape index (κ2) is 9.03. The van der Waals surface area contributed by atoms with E-state index < -0.39 is 23.6 Å². The fraction of sp³-hybridized carbons (Fsp3) is 0.308. The number of alkyl halides is 3. The largest absolute Gasteiger partial charge is 0.416 e. The van der Waals surface area contributed by atoms with Crippen LogP contribution in [0.15, 0.2) is 65.0 Å². The second-order valence-corrected chi connectivity index (χ2v) is 10.5. The molecule has 0 radical (unpaired) electrons. The van der Waals surface area contributed by atoms with Gasteiger partial charge in [0.05, 0.1) is 16.3 Å². The molecule has 0 fully saturated rings. The summed E-state index contributed by atoms with van der Waals surface area (Å²) in [5.74, 6) is -1.45. The summed E-state index contributed by atoms with van der Waals surface area (Å²) in [6.07, 6.45) is -3.67. The van der Waals surface area contributed by atoms with Crippen LogP contribution < -0.4 is 10.6 Å². The lowest BCUT2D eigenvalue weighted by Crippen LogP contribution is -2.39. The summed E-state index contributed by atoms with van der Waals surface area (Å²) in [5, 5.41) is 6.21. The number of nitrogens with one attached hydrogen (secondary N) is 2. The molecule has 0 aromatic heterocycles. The molecule has 184 valence electrons. The Kier molecular flexibility index (Phi) is 6.53. The molecule has 4 nitrogen and oxygen atoms in total. The van der Waals surface area contributed by atoms with Crippen molar-refractivity contribution in [3.8, 4) is 0 Å². The van der Waals surface area contributed by atoms with Crippen LogP contribution in [-0.2, 0) is 15.8 Å². The number of Topliss-reactive ketones (excluding diaryl/α,β-unsaturated/α-hetero) is 1. The molecule has 0 saturated heterocycles. The molecule has 1 aliphatic heterocycles. The second-order valence-electron chi connectivity index (χ2n) is 9.63. The van der Waals surface area contributed by atoms with Gasteiger partial charge in [-0.3, -0.25) is 9.59 Å². The molecule has 9 heteroatoms. The van der Waals surface area contributed by atoms with E-state index in [2.05, 4.69) is 10.6 Å². The summed E-state index contributed by atoms with van der Waals surface area (Å²) in [7, 11) is 0. The van der Waals surface area contributed by atoms with Crippen molar-refractivity contribution < 1.29 is 22.8 Å². The van der Waals surface area contributed by atoms with Crippen molar-refractivity contribution in [2.45, 2.75) is 45.7 Å². The van der Waals surface area contributed by atoms with E-state index in [-0.39, 0.29) is 27.5 Å². The molecule has 0 bridgehead atoms. The van der Waals surface area contributed by atoms with Gasteiger partial charge in [0.1, 0.15) is 0 Å². The summed E-state index contributed by atoms with van der Waals surface area (Å²) in [6.45, 7) is 5.72. The number of rotatable bonds is 3. The highest BCUT2D eigenvalue weighted by molar-refractivity contribution is 6.34. The number of allylic oxidation sites excluding steroid dienone is 3. The van der Waals surface area contributed by atoms with E-state index in [0.29, 0.717) is 34.7 Å². The Labute approximate surface area is 211 Å². The molecular formula is C26H23Cl2F3N2O2. The zero-order valence-electron chi connectivity index (χ0n) is 19.2. The predicted molar refractivity (Wildman–Crippen MR) is 130 cm³/mol. The third kappa shape index (κ3) is 5.11. The van der Waals surface area contributed by atoms with Gasteiger partial charge in [0, 0.05) is 39.9 Å². The first-order valence-electron chi connectivity index (χ1n) is 10.9. The van der Waals surface area contributed by atoms with Crippen LogP contribution in [0.5, 0.6) is 0 Å². The van der Waals surface area contributed by atoms with Crippen LogP contribution in [-0.4, -0.2) is 11.7 Å². The number of anilines is 1. The molecule has 35 heavy (non-hydrogen) atoms. The molecule has 2 aliphatic rings. The monoisotopic (exact) mass is 522 g/mol. The van der Waals surface area contributed by atoms with Crippen LogP contribution in [0.25, 0.3) is 0 Å². The topological polar surface area (TPSA) is 58.2 Å². The lowest BCUT2D eigenvalue weighted by atomic mass is 9.68. The van der Waals surface area contributed by atoms with Gasteiger partial charge in [-0.2, -0.15) is 13.2 Å². The number of benzene rings is 2. The van der Waals surface area contributed by atoms with E-state index in [1.54, 1.807) is 31.2 Å². The Morgan fingerprint density at radius 2 is 1.74 bits per heavy atom. The van der Waals surface area contributed by atoms with Crippen molar-refractivity contribution in [3.63, 3.8) is 0 Å². The van der Waals surface area contributed by atoms with Crippen molar-refractivity contribution in [2.24, 2.45) is 5.41 Å². The molecule has 1 amide bonds. The fourth-order valence-corrected chi connectivity index (χ4v) is 5.00. The number of hydrogen-bond donors (Lipinski definition) is 2. The predicted octanol–water partition coefficient (Wildman–Crippen LogP) is 7.25. The first-order valence-corrected chi connectivity index (χ1v) is 11.7. The summed E-state index contributed by atoms with van der Waals surface area (Å²) in [5.41, 5.74) is 1.29. The van der Waals surface area contributed by atoms with Crippen molar-refractivity contribution in [3.05, 3.63) is 86.2 Å². The quantitative estimate of drug-likeness (QED) is 0.446. The smallest absolute Gasteiger partial charge is 0.362 e. The molecule has 1 aliphatic carbocycles. The summed E-state index contributed by atoms with van der Waals surface area (Å²) in [6, 6.07) is 9.56. The van der Waals surface area contributed by atoms with E-state index in [0.717, 1.165) is 23.9 Å². The zero-order valence-corrected chi connectivity index (χ0v) is 20.8. The van der Waals surface area contributed by atoms with Crippen LogP contribution in [0.3, 0.4) is 0 Å². The van der Waals surface area contributed by atoms with E-state index in [4.69, 9.17) is 23.2 Å². The van der Waals surface area contributed by atoms with Crippen LogP contribution in [0.2, 0.25) is 10.0 Å². The first kappa shape index (κ1) is 25.3. The Bertz CT molecular complexity index is 1280. The number of halogens is 5. The van der Waals surface area contributed by atoms with E-state index >= 15 is 0 Å². The van der Waals surface area contributed by atoms with Crippen molar-refractivity contribution in [1.82, 2.24) is 5.32 Å². The molecular weight excluding hydrogens is 500 g/mol. The molecule has 2 aromatic rings. The maximum absolute atomic E-state index is 13.5. The molecule has 0 spiro atoms. The van der Waals surface area contributed by atoms with Gasteiger partial charge in [0.25, 0.3) is 5.91 Å². The fourth-order valence-electron chi connectivity index (χ4n) is 4.71. The number of ketones is 1. The Morgan fingerprint density at radius 1 is 1.09 bits per heavy atom. The summed E-state index contributed by atoms with van der Waals surface area (Å²) < 4.78 is 39.7. The van der Waals surface area contributed by atoms with Crippen molar-refractivity contribution >= 4 is 40.6 Å². The molecule has 1 heterocycles. The standard InChI is InChI=1S/C26H23Cl2F3N2O2/c1-13-21(24(35)33-18-10-15(26(29,30)31)6-9-17(18)28)22(14-4-7-16(27)8-5-14)23-19(32-13)11-25(2,3)12-20(23)34/h4-10,22,32H,11-12H2,1-3H3,(H,33,35)/t22-/m0/s1. The Hall–Kier alpha value is -2.77. The Morgan fingerprint density at radius 3 is 2.37 bits per heavy atom. The molecule has 2 N–H and O–H groups in total. The SMILES string of the molecule is CC1=C(C(=O)Nc2cc(C(F)(F)F)ccc2Cl)[C@H](c2ccc(Cl)cc2)C2=C(CC(C)(C)CC2=O)N1. The molecule has 1 atom stereocenters. The lowest BCUT2D eigenvalue weighted by molar-refractivity contribution is -0.137. The van der Waals surface area contributed by atoms with Crippen LogP contribution in [0.1, 0.15) is 50.7 Å². The van der Waals surface area contributed by atoms with E-state index in [1.165, 1.54) is 0 Å². The zero-order chi connectivity index (χ0) is 25.7. The number of carbonyl (C=O) groups excluding carboxylic acids is 2. The maximum Gasteiger partial charge on any atom is 0.416 e. The summed E-state index contributed by atoms with van der Waals surface area (Å²) in [4.78, 5) is 26.9. The minimum Gasteiger partial charge on any atom is -0.362 e. The lowest BCUT2D eigenvalue weighted by Gasteiger charge is -2.39. The number of carbonyl (C=O) groups is 2. The van der Waals surface area contributed by atoms with E-state index in [1.807, 2.05) is 13.8 Å². The van der Waals surface area contributed by atoms with Crippen LogP contribution in [0, 0.1) is 5.41 Å². The number of amides is 1. The molecule has 4 rings (SSSR count). The maximum atomic E-state index is 13.5. The first-order chi connectivity index (χ1) is 16.3. The normalized spacial score (nSPS) is 19.9. The highest BCUT2D eigenvalue weighted by Gasteiger charge is 2.42. The minimum absolute atomic E-state index is 0.0354. The number of dihydropyridines is 1. The van der Waals surface area contributed by atoms with Gasteiger partial charge in [0.2, 0.25) is 0 Å².